The molecule has 2 rings (SSSR count). The van der Waals surface area contributed by atoms with Gasteiger partial charge in [-0.3, -0.25) is 4.79 Å². The zero-order valence-electron chi connectivity index (χ0n) is 7.12. The predicted octanol–water partition coefficient (Wildman–Crippen LogP) is 2.13. The molecule has 2 nitrogen and oxygen atoms in total. The highest BCUT2D eigenvalue weighted by Crippen LogP contribution is 2.18. The van der Waals surface area contributed by atoms with Crippen LogP contribution in [0, 0.1) is 5.95 Å². The summed E-state index contributed by atoms with van der Waals surface area (Å²) in [4.78, 5) is 10.4. The maximum atomic E-state index is 13.0. The van der Waals surface area contributed by atoms with Crippen LogP contribution in [0.4, 0.5) is 4.39 Å². The molecule has 0 atom stereocenters. The molecule has 0 N–H and O–H groups in total. The molecule has 13 heavy (non-hydrogen) atoms. The first kappa shape index (κ1) is 7.98. The molecule has 0 aliphatic heterocycles. The normalized spacial score (nSPS) is 10.6. The van der Waals surface area contributed by atoms with Gasteiger partial charge in [0.05, 0.1) is 5.52 Å². The zero-order valence-corrected chi connectivity index (χ0v) is 7.12. The van der Waals surface area contributed by atoms with Crippen molar-refractivity contribution in [2.24, 2.45) is 7.05 Å². The van der Waals surface area contributed by atoms with Crippen molar-refractivity contribution in [3.8, 4) is 0 Å². The van der Waals surface area contributed by atoms with E-state index in [0.717, 1.165) is 17.2 Å². The highest BCUT2D eigenvalue weighted by Gasteiger charge is 2.04. The minimum absolute atomic E-state index is 0.293. The predicted molar refractivity (Wildman–Crippen MR) is 48.3 cm³/mol. The number of halogens is 1. The molecule has 0 aliphatic rings. The summed E-state index contributed by atoms with van der Waals surface area (Å²) in [6.45, 7) is 0. The van der Waals surface area contributed by atoms with Crippen LogP contribution in [-0.2, 0) is 7.05 Å². The fraction of sp³-hybridized carbons (Fsp3) is 0.100. The molecule has 0 bridgehead atoms. The van der Waals surface area contributed by atoms with Gasteiger partial charge in [0.25, 0.3) is 0 Å². The Morgan fingerprint density at radius 3 is 2.85 bits per heavy atom. The van der Waals surface area contributed by atoms with E-state index in [4.69, 9.17) is 0 Å². The quantitative estimate of drug-likeness (QED) is 0.611. The van der Waals surface area contributed by atoms with E-state index in [1.807, 2.05) is 0 Å². The van der Waals surface area contributed by atoms with E-state index in [-0.39, 0.29) is 5.95 Å². The van der Waals surface area contributed by atoms with Crippen molar-refractivity contribution in [3.05, 3.63) is 35.8 Å². The summed E-state index contributed by atoms with van der Waals surface area (Å²) in [6.07, 6.45) is 0.754. The molecular formula is C10H8FNO. The SMILES string of the molecule is Cn1c(F)cc2cc(C=O)ccc21. The van der Waals surface area contributed by atoms with E-state index < -0.39 is 0 Å². The van der Waals surface area contributed by atoms with Gasteiger partial charge in [-0.15, -0.1) is 0 Å². The van der Waals surface area contributed by atoms with Gasteiger partial charge in [-0.2, -0.15) is 4.39 Å². The van der Waals surface area contributed by atoms with E-state index in [0.29, 0.717) is 5.56 Å². The van der Waals surface area contributed by atoms with Crippen LogP contribution in [0.2, 0.25) is 0 Å². The number of aldehydes is 1. The second-order valence-electron chi connectivity index (χ2n) is 2.96. The molecule has 0 saturated heterocycles. The zero-order chi connectivity index (χ0) is 9.42. The lowest BCUT2D eigenvalue weighted by atomic mass is 10.2. The van der Waals surface area contributed by atoms with Crippen molar-refractivity contribution in [1.82, 2.24) is 4.57 Å². The Kier molecular flexibility index (Phi) is 1.65. The van der Waals surface area contributed by atoms with Crippen molar-refractivity contribution in [2.45, 2.75) is 0 Å². The van der Waals surface area contributed by atoms with Crippen LogP contribution in [0.5, 0.6) is 0 Å². The Morgan fingerprint density at radius 1 is 1.38 bits per heavy atom. The average molecular weight is 177 g/mol. The van der Waals surface area contributed by atoms with Gasteiger partial charge in [0.1, 0.15) is 6.29 Å². The number of fused-ring (bicyclic) bond motifs is 1. The Bertz CT molecular complexity index is 473. The lowest BCUT2D eigenvalue weighted by Crippen LogP contribution is -1.90. The molecule has 0 saturated carbocycles. The molecular weight excluding hydrogens is 169 g/mol. The summed E-state index contributed by atoms with van der Waals surface area (Å²) >= 11 is 0. The smallest absolute Gasteiger partial charge is 0.194 e. The largest absolute Gasteiger partial charge is 0.321 e. The standard InChI is InChI=1S/C10H8FNO/c1-12-9-3-2-7(6-13)4-8(9)5-10(12)11/h2-6H,1H3. The van der Waals surface area contributed by atoms with Crippen molar-refractivity contribution >= 4 is 17.2 Å². The summed E-state index contributed by atoms with van der Waals surface area (Å²) in [6, 6.07) is 6.50. The Balaban J connectivity index is 2.79. The van der Waals surface area contributed by atoms with E-state index in [2.05, 4.69) is 0 Å². The highest BCUT2D eigenvalue weighted by atomic mass is 19.1. The first-order chi connectivity index (χ1) is 6.22. The van der Waals surface area contributed by atoms with Crippen LogP contribution in [0.25, 0.3) is 10.9 Å². The molecule has 66 valence electrons. The lowest BCUT2D eigenvalue weighted by molar-refractivity contribution is 0.112. The molecule has 0 spiro atoms. The molecule has 0 radical (unpaired) electrons. The van der Waals surface area contributed by atoms with Crippen LogP contribution < -0.4 is 0 Å². The second-order valence-corrected chi connectivity index (χ2v) is 2.96. The summed E-state index contributed by atoms with van der Waals surface area (Å²) < 4.78 is 14.5. The van der Waals surface area contributed by atoms with Crippen LogP contribution in [-0.4, -0.2) is 10.9 Å². The Hall–Kier alpha value is -1.64. The van der Waals surface area contributed by atoms with Gasteiger partial charge in [-0.25, -0.2) is 0 Å². The molecule has 0 aliphatic carbocycles. The molecule has 0 amide bonds. The third kappa shape index (κ3) is 1.13. The van der Waals surface area contributed by atoms with Gasteiger partial charge < -0.3 is 4.57 Å². The van der Waals surface area contributed by atoms with Crippen LogP contribution in [0.3, 0.4) is 0 Å². The van der Waals surface area contributed by atoms with Gasteiger partial charge in [0.15, 0.2) is 5.95 Å². The Labute approximate surface area is 74.6 Å². The third-order valence-electron chi connectivity index (χ3n) is 2.14. The van der Waals surface area contributed by atoms with Gasteiger partial charge in [-0.05, 0) is 18.2 Å². The average Bonchev–Trinajstić information content (AvgIpc) is 2.42. The number of rotatable bonds is 1. The molecule has 1 aromatic carbocycles. The van der Waals surface area contributed by atoms with Gasteiger partial charge in [0, 0.05) is 24.1 Å². The van der Waals surface area contributed by atoms with Gasteiger partial charge >= 0.3 is 0 Å². The van der Waals surface area contributed by atoms with Crippen molar-refractivity contribution in [2.75, 3.05) is 0 Å². The van der Waals surface area contributed by atoms with Gasteiger partial charge in [0.2, 0.25) is 0 Å². The van der Waals surface area contributed by atoms with Gasteiger partial charge in [-0.1, -0.05) is 0 Å². The number of hydrogen-bond donors (Lipinski definition) is 0. The van der Waals surface area contributed by atoms with E-state index in [1.54, 1.807) is 25.2 Å². The summed E-state index contributed by atoms with van der Waals surface area (Å²) in [7, 11) is 1.65. The number of aryl methyl sites for hydroxylation is 1. The fourth-order valence-electron chi connectivity index (χ4n) is 1.41. The topological polar surface area (TPSA) is 22.0 Å². The number of nitrogens with zero attached hydrogens (tertiary/aromatic N) is 1. The maximum Gasteiger partial charge on any atom is 0.194 e. The molecule has 1 heterocycles. The lowest BCUT2D eigenvalue weighted by Gasteiger charge is -1.96. The molecule has 0 unspecified atom stereocenters. The summed E-state index contributed by atoms with van der Waals surface area (Å²) in [5.74, 6) is -0.293. The fourth-order valence-corrected chi connectivity index (χ4v) is 1.41. The summed E-state index contributed by atoms with van der Waals surface area (Å²) in [5, 5.41) is 0.754. The number of benzene rings is 1. The van der Waals surface area contributed by atoms with E-state index in [1.165, 1.54) is 10.6 Å². The van der Waals surface area contributed by atoms with Crippen molar-refractivity contribution in [3.63, 3.8) is 0 Å². The third-order valence-corrected chi connectivity index (χ3v) is 2.14. The van der Waals surface area contributed by atoms with E-state index in [9.17, 15) is 9.18 Å². The molecule has 1 aromatic heterocycles. The summed E-state index contributed by atoms with van der Waals surface area (Å²) in [5.41, 5.74) is 1.36. The minimum atomic E-state index is -0.293. The minimum Gasteiger partial charge on any atom is -0.321 e. The van der Waals surface area contributed by atoms with Crippen molar-refractivity contribution < 1.29 is 9.18 Å². The number of hydrogen-bond acceptors (Lipinski definition) is 1. The molecule has 3 heteroatoms. The molecule has 2 aromatic rings. The van der Waals surface area contributed by atoms with Crippen LogP contribution in [0.15, 0.2) is 24.3 Å². The number of carbonyl (C=O) groups excluding carboxylic acids is 1. The highest BCUT2D eigenvalue weighted by molar-refractivity contribution is 5.87. The maximum absolute atomic E-state index is 13.0. The van der Waals surface area contributed by atoms with E-state index >= 15 is 0 Å². The first-order valence-electron chi connectivity index (χ1n) is 3.92. The van der Waals surface area contributed by atoms with Crippen LogP contribution in [0.1, 0.15) is 10.4 Å². The Morgan fingerprint density at radius 2 is 2.15 bits per heavy atom. The first-order valence-corrected chi connectivity index (χ1v) is 3.92. The van der Waals surface area contributed by atoms with Crippen LogP contribution >= 0.6 is 0 Å². The second kappa shape index (κ2) is 2.69. The molecule has 0 fully saturated rings. The van der Waals surface area contributed by atoms with Crippen molar-refractivity contribution in [1.29, 1.82) is 0 Å². The monoisotopic (exact) mass is 177 g/mol. The number of carbonyl (C=O) groups is 1. The number of aromatic nitrogens is 1.